The number of ether oxygens (including phenoxy) is 2. The average Bonchev–Trinajstić information content (AvgIpc) is 2.73. The summed E-state index contributed by atoms with van der Waals surface area (Å²) in [4.78, 5) is 24.4. The highest BCUT2D eigenvalue weighted by molar-refractivity contribution is 5.78. The predicted molar refractivity (Wildman–Crippen MR) is 115 cm³/mol. The fourth-order valence-electron chi connectivity index (χ4n) is 2.94. The maximum atomic E-state index is 13.0. The Morgan fingerprint density at radius 2 is 1.77 bits per heavy atom. The van der Waals surface area contributed by atoms with Crippen LogP contribution < -0.4 is 10.5 Å². The Labute approximate surface area is 181 Å². The van der Waals surface area contributed by atoms with Gasteiger partial charge in [0.15, 0.2) is 5.96 Å². The molecule has 1 amide bonds. The maximum Gasteiger partial charge on any atom is 0.410 e. The van der Waals surface area contributed by atoms with Gasteiger partial charge in [-0.1, -0.05) is 0 Å². The normalized spacial score (nSPS) is 15.0. The van der Waals surface area contributed by atoms with Crippen LogP contribution in [0.3, 0.4) is 0 Å². The van der Waals surface area contributed by atoms with Gasteiger partial charge in [0.25, 0.3) is 0 Å². The fourth-order valence-corrected chi connectivity index (χ4v) is 2.94. The molecule has 0 spiro atoms. The van der Waals surface area contributed by atoms with Crippen molar-refractivity contribution in [3.8, 4) is 11.6 Å². The minimum atomic E-state index is -0.515. The second kappa shape index (κ2) is 9.63. The number of nitrogens with zero attached hydrogens (tertiary/aromatic N) is 4. The van der Waals surface area contributed by atoms with Crippen LogP contribution in [0, 0.1) is 5.82 Å². The molecule has 0 bridgehead atoms. The van der Waals surface area contributed by atoms with Crippen molar-refractivity contribution in [2.75, 3.05) is 26.2 Å². The molecular weight excluding hydrogens is 401 g/mol. The van der Waals surface area contributed by atoms with Crippen LogP contribution in [-0.4, -0.2) is 58.6 Å². The first kappa shape index (κ1) is 22.3. The van der Waals surface area contributed by atoms with Gasteiger partial charge in [0.1, 0.15) is 17.2 Å². The first-order chi connectivity index (χ1) is 14.7. The van der Waals surface area contributed by atoms with Crippen LogP contribution in [0.1, 0.15) is 26.3 Å². The van der Waals surface area contributed by atoms with Crippen molar-refractivity contribution in [2.24, 2.45) is 10.7 Å². The topological polar surface area (TPSA) is 93.3 Å². The van der Waals surface area contributed by atoms with Gasteiger partial charge in [-0.15, -0.1) is 0 Å². The molecule has 1 saturated heterocycles. The van der Waals surface area contributed by atoms with Crippen LogP contribution in [0.15, 0.2) is 47.6 Å². The summed E-state index contributed by atoms with van der Waals surface area (Å²) in [5, 5.41) is 0. The molecule has 31 heavy (non-hydrogen) atoms. The van der Waals surface area contributed by atoms with Crippen molar-refractivity contribution in [2.45, 2.75) is 32.9 Å². The second-order valence-corrected chi connectivity index (χ2v) is 8.19. The van der Waals surface area contributed by atoms with Gasteiger partial charge in [-0.25, -0.2) is 19.2 Å². The van der Waals surface area contributed by atoms with E-state index in [0.717, 1.165) is 5.56 Å². The summed E-state index contributed by atoms with van der Waals surface area (Å²) in [6, 6.07) is 9.32. The van der Waals surface area contributed by atoms with E-state index >= 15 is 0 Å². The Kier molecular flexibility index (Phi) is 6.94. The van der Waals surface area contributed by atoms with E-state index in [2.05, 4.69) is 9.98 Å². The molecule has 0 atom stereocenters. The molecule has 8 nitrogen and oxygen atoms in total. The van der Waals surface area contributed by atoms with Crippen LogP contribution in [0.5, 0.6) is 11.6 Å². The SMILES string of the molecule is CC(C)(C)OC(=O)N1CCN(C(N)=NCc2ccnc(Oc3ccc(F)cc3)c2)CC1. The molecule has 1 aliphatic rings. The molecule has 0 unspecified atom stereocenters. The van der Waals surface area contributed by atoms with Crippen LogP contribution in [-0.2, 0) is 11.3 Å². The lowest BCUT2D eigenvalue weighted by Gasteiger charge is -2.36. The van der Waals surface area contributed by atoms with Gasteiger partial charge in [-0.2, -0.15) is 0 Å². The van der Waals surface area contributed by atoms with E-state index in [-0.39, 0.29) is 11.9 Å². The third-order valence-corrected chi connectivity index (χ3v) is 4.51. The highest BCUT2D eigenvalue weighted by atomic mass is 19.1. The van der Waals surface area contributed by atoms with Gasteiger partial charge in [0, 0.05) is 38.4 Å². The molecule has 2 N–H and O–H groups in total. The van der Waals surface area contributed by atoms with Crippen molar-refractivity contribution < 1.29 is 18.7 Å². The first-order valence-electron chi connectivity index (χ1n) is 10.1. The summed E-state index contributed by atoms with van der Waals surface area (Å²) < 4.78 is 24.1. The van der Waals surface area contributed by atoms with Gasteiger partial charge >= 0.3 is 6.09 Å². The van der Waals surface area contributed by atoms with E-state index in [1.54, 1.807) is 17.2 Å². The molecule has 0 aliphatic carbocycles. The number of hydrogen-bond acceptors (Lipinski definition) is 5. The number of piperazine rings is 1. The molecule has 166 valence electrons. The third kappa shape index (κ3) is 6.84. The van der Waals surface area contributed by atoms with E-state index in [1.165, 1.54) is 24.3 Å². The zero-order chi connectivity index (χ0) is 22.4. The minimum Gasteiger partial charge on any atom is -0.444 e. The Balaban J connectivity index is 1.53. The Bertz CT molecular complexity index is 919. The zero-order valence-electron chi connectivity index (χ0n) is 18.0. The lowest BCUT2D eigenvalue weighted by Crippen LogP contribution is -2.53. The summed E-state index contributed by atoms with van der Waals surface area (Å²) in [7, 11) is 0. The number of aliphatic imine (C=N–C) groups is 1. The number of carbonyl (C=O) groups is 1. The molecule has 2 aromatic rings. The first-order valence-corrected chi connectivity index (χ1v) is 10.1. The number of aromatic nitrogens is 1. The number of amides is 1. The van der Waals surface area contributed by atoms with Crippen LogP contribution >= 0.6 is 0 Å². The molecule has 3 rings (SSSR count). The predicted octanol–water partition coefficient (Wildman–Crippen LogP) is 3.38. The Morgan fingerprint density at radius 1 is 1.13 bits per heavy atom. The van der Waals surface area contributed by atoms with Gasteiger partial charge in [-0.3, -0.25) is 0 Å². The van der Waals surface area contributed by atoms with E-state index in [9.17, 15) is 9.18 Å². The van der Waals surface area contributed by atoms with Gasteiger partial charge < -0.3 is 25.0 Å². The van der Waals surface area contributed by atoms with Crippen molar-refractivity contribution in [3.05, 3.63) is 54.0 Å². The smallest absolute Gasteiger partial charge is 0.410 e. The number of carbonyl (C=O) groups excluding carboxylic acids is 1. The van der Waals surface area contributed by atoms with Gasteiger partial charge in [0.2, 0.25) is 5.88 Å². The molecule has 1 aromatic carbocycles. The van der Waals surface area contributed by atoms with E-state index < -0.39 is 5.60 Å². The molecule has 0 radical (unpaired) electrons. The number of benzene rings is 1. The highest BCUT2D eigenvalue weighted by Gasteiger charge is 2.26. The monoisotopic (exact) mass is 429 g/mol. The lowest BCUT2D eigenvalue weighted by molar-refractivity contribution is 0.0186. The maximum absolute atomic E-state index is 13.0. The molecule has 2 heterocycles. The number of pyridine rings is 1. The Hall–Kier alpha value is -3.36. The molecule has 0 saturated carbocycles. The van der Waals surface area contributed by atoms with Crippen molar-refractivity contribution in [1.29, 1.82) is 0 Å². The van der Waals surface area contributed by atoms with Crippen molar-refractivity contribution >= 4 is 12.1 Å². The van der Waals surface area contributed by atoms with Gasteiger partial charge in [0.05, 0.1) is 6.54 Å². The lowest BCUT2D eigenvalue weighted by atomic mass is 10.2. The quantitative estimate of drug-likeness (QED) is 0.592. The van der Waals surface area contributed by atoms with E-state index in [0.29, 0.717) is 50.3 Å². The van der Waals surface area contributed by atoms with E-state index in [4.69, 9.17) is 15.2 Å². The fraction of sp³-hybridized carbons (Fsp3) is 0.409. The summed E-state index contributed by atoms with van der Waals surface area (Å²) >= 11 is 0. The molecular formula is C22H28FN5O3. The number of halogens is 1. The standard InChI is InChI=1S/C22H28FN5O3/c1-22(2,3)31-21(29)28-12-10-27(11-13-28)20(24)26-15-16-8-9-25-19(14-16)30-18-6-4-17(23)5-7-18/h4-9,14H,10-13,15H2,1-3H3,(H2,24,26). The minimum absolute atomic E-state index is 0.312. The average molecular weight is 429 g/mol. The number of rotatable bonds is 4. The van der Waals surface area contributed by atoms with Crippen LogP contribution in [0.25, 0.3) is 0 Å². The summed E-state index contributed by atoms with van der Waals surface area (Å²) in [5.41, 5.74) is 6.52. The molecule has 9 heteroatoms. The molecule has 1 aliphatic heterocycles. The van der Waals surface area contributed by atoms with Crippen LogP contribution in [0.2, 0.25) is 0 Å². The van der Waals surface area contributed by atoms with E-state index in [1.807, 2.05) is 31.7 Å². The molecule has 1 fully saturated rings. The van der Waals surface area contributed by atoms with Crippen molar-refractivity contribution in [3.63, 3.8) is 0 Å². The summed E-state index contributed by atoms with van der Waals surface area (Å²) in [6.45, 7) is 8.13. The number of nitrogens with two attached hydrogens (primary N) is 1. The summed E-state index contributed by atoms with van der Waals surface area (Å²) in [5.74, 6) is 0.980. The summed E-state index contributed by atoms with van der Waals surface area (Å²) in [6.07, 6.45) is 1.31. The van der Waals surface area contributed by atoms with Gasteiger partial charge in [-0.05, 0) is 56.7 Å². The second-order valence-electron chi connectivity index (χ2n) is 8.19. The third-order valence-electron chi connectivity index (χ3n) is 4.51. The van der Waals surface area contributed by atoms with Crippen LogP contribution in [0.4, 0.5) is 9.18 Å². The molecule has 1 aromatic heterocycles. The Morgan fingerprint density at radius 3 is 2.42 bits per heavy atom. The van der Waals surface area contributed by atoms with Crippen molar-refractivity contribution in [1.82, 2.24) is 14.8 Å². The number of guanidine groups is 1. The zero-order valence-corrected chi connectivity index (χ0v) is 18.0. The number of hydrogen-bond donors (Lipinski definition) is 1. The highest BCUT2D eigenvalue weighted by Crippen LogP contribution is 2.20. The largest absolute Gasteiger partial charge is 0.444 e.